The van der Waals surface area contributed by atoms with Gasteiger partial charge in [-0.3, -0.25) is 0 Å². The van der Waals surface area contributed by atoms with Crippen LogP contribution in [0.2, 0.25) is 0 Å². The number of fused-ring (bicyclic) bond motifs is 11. The summed E-state index contributed by atoms with van der Waals surface area (Å²) in [6.07, 6.45) is 13.5. The molecule has 0 amide bonds. The minimum atomic E-state index is -0.162. The molecule has 2 heterocycles. The van der Waals surface area contributed by atoms with Crippen LogP contribution in [0.4, 0.5) is 11.4 Å². The Balaban J connectivity index is 1.13. The first kappa shape index (κ1) is 29.0. The largest absolute Gasteiger partial charge is 0.483 e. The Morgan fingerprint density at radius 2 is 1.51 bits per heavy atom. The molecule has 3 nitrogen and oxygen atoms in total. The number of rotatable bonds is 4. The van der Waals surface area contributed by atoms with E-state index in [-0.39, 0.29) is 12.0 Å². The highest BCUT2D eigenvalue weighted by atomic mass is 16.5. The van der Waals surface area contributed by atoms with Crippen LogP contribution in [0.5, 0.6) is 5.75 Å². The Morgan fingerprint density at radius 3 is 2.47 bits per heavy atom. The molecule has 1 aliphatic heterocycles. The zero-order valence-electron chi connectivity index (χ0n) is 29.0. The molecule has 0 bridgehead atoms. The van der Waals surface area contributed by atoms with Gasteiger partial charge in [-0.2, -0.15) is 0 Å². The molecule has 7 aromatic carbocycles. The Hall–Kier alpha value is -6.58. The predicted molar refractivity (Wildman–Crippen MR) is 219 cm³/mol. The van der Waals surface area contributed by atoms with E-state index in [9.17, 15) is 0 Å². The maximum absolute atomic E-state index is 6.91. The molecule has 3 heteroatoms. The highest BCUT2D eigenvalue weighted by Crippen LogP contribution is 2.56. The SMILES string of the molecule is C1=CC2c3ccccc3OC2C(N(c2ccc3c(c2)c2ccccc2n3-c2ccccc2)c2cccc3c2-c2cccc4cc5c(c-3c24)C=CCC5)=C1. The van der Waals surface area contributed by atoms with Crippen molar-refractivity contribution in [3.05, 3.63) is 186 Å². The molecule has 250 valence electrons. The summed E-state index contributed by atoms with van der Waals surface area (Å²) in [5.41, 5.74) is 16.3. The number of allylic oxidation sites excluding steroid dienone is 3. The molecule has 53 heavy (non-hydrogen) atoms. The van der Waals surface area contributed by atoms with Crippen molar-refractivity contribution in [2.75, 3.05) is 4.90 Å². The summed E-state index contributed by atoms with van der Waals surface area (Å²) in [4.78, 5) is 2.51. The average Bonchev–Trinajstić information content (AvgIpc) is 3.88. The second-order valence-corrected chi connectivity index (χ2v) is 14.7. The summed E-state index contributed by atoms with van der Waals surface area (Å²) in [6.45, 7) is 0. The summed E-state index contributed by atoms with van der Waals surface area (Å²) in [6, 6.07) is 51.3. The standard InChI is InChI=1S/C50H34N2O/c1-2-15-33(16-3-1)51-42-23-8-6-18-36(42)41-30-34(27-28-43(41)51)52(45-25-11-20-38-37-19-7-9-26-46(37)53-50(38)45)44-24-12-22-40-48(44)39-21-10-14-32-29-31-13-4-5-17-35(31)49(40)47(32)39/h1-3,5-12,14-30,38,50H,4,13H2. The monoisotopic (exact) mass is 678 g/mol. The molecule has 2 unspecified atom stereocenters. The van der Waals surface area contributed by atoms with Crippen molar-refractivity contribution in [3.8, 4) is 33.7 Å². The van der Waals surface area contributed by atoms with E-state index in [0.29, 0.717) is 0 Å². The fourth-order valence-electron chi connectivity index (χ4n) is 9.71. The molecule has 12 rings (SSSR count). The topological polar surface area (TPSA) is 17.4 Å². The van der Waals surface area contributed by atoms with Crippen molar-refractivity contribution in [1.29, 1.82) is 0 Å². The van der Waals surface area contributed by atoms with Crippen molar-refractivity contribution in [1.82, 2.24) is 4.57 Å². The van der Waals surface area contributed by atoms with Crippen molar-refractivity contribution in [2.45, 2.75) is 24.9 Å². The fourth-order valence-corrected chi connectivity index (χ4v) is 9.71. The van der Waals surface area contributed by atoms with Gasteiger partial charge in [-0.15, -0.1) is 0 Å². The van der Waals surface area contributed by atoms with Gasteiger partial charge < -0.3 is 14.2 Å². The molecule has 0 fully saturated rings. The molecule has 2 atom stereocenters. The Morgan fingerprint density at radius 1 is 0.679 bits per heavy atom. The Labute approximate surface area is 308 Å². The normalized spacial score (nSPS) is 17.4. The van der Waals surface area contributed by atoms with Gasteiger partial charge in [-0.05, 0) is 106 Å². The number of hydrogen-bond acceptors (Lipinski definition) is 2. The zero-order chi connectivity index (χ0) is 34.6. The minimum Gasteiger partial charge on any atom is -0.483 e. The molecule has 0 saturated carbocycles. The highest BCUT2D eigenvalue weighted by Gasteiger charge is 2.40. The van der Waals surface area contributed by atoms with Crippen molar-refractivity contribution >= 4 is 50.0 Å². The molecular formula is C50H34N2O. The number of para-hydroxylation sites is 3. The van der Waals surface area contributed by atoms with E-state index in [4.69, 9.17) is 4.74 Å². The number of hydrogen-bond donors (Lipinski definition) is 0. The van der Waals surface area contributed by atoms with E-state index in [1.165, 1.54) is 77.2 Å². The highest BCUT2D eigenvalue weighted by molar-refractivity contribution is 6.21. The second kappa shape index (κ2) is 11.0. The van der Waals surface area contributed by atoms with Gasteiger partial charge in [-0.1, -0.05) is 115 Å². The van der Waals surface area contributed by atoms with E-state index in [1.807, 2.05) is 0 Å². The third-order valence-corrected chi connectivity index (χ3v) is 11.9. The molecule has 0 saturated heterocycles. The molecule has 0 radical (unpaired) electrons. The maximum Gasteiger partial charge on any atom is 0.149 e. The van der Waals surface area contributed by atoms with Gasteiger partial charge in [-0.25, -0.2) is 0 Å². The molecule has 0 spiro atoms. The Bertz CT molecular complexity index is 2940. The van der Waals surface area contributed by atoms with Gasteiger partial charge in [0.25, 0.3) is 0 Å². The van der Waals surface area contributed by atoms with Crippen LogP contribution in [-0.2, 0) is 6.42 Å². The van der Waals surface area contributed by atoms with Gasteiger partial charge >= 0.3 is 0 Å². The van der Waals surface area contributed by atoms with Gasteiger partial charge in [0.05, 0.1) is 22.4 Å². The quantitative estimate of drug-likeness (QED) is 0.184. The van der Waals surface area contributed by atoms with Crippen molar-refractivity contribution in [3.63, 3.8) is 0 Å². The molecular weight excluding hydrogens is 645 g/mol. The summed E-state index contributed by atoms with van der Waals surface area (Å²) < 4.78 is 9.30. The average molecular weight is 679 g/mol. The van der Waals surface area contributed by atoms with Crippen LogP contribution in [0.15, 0.2) is 170 Å². The van der Waals surface area contributed by atoms with Crippen LogP contribution < -0.4 is 9.64 Å². The lowest BCUT2D eigenvalue weighted by Gasteiger charge is -2.35. The first-order chi connectivity index (χ1) is 26.3. The summed E-state index contributed by atoms with van der Waals surface area (Å²) in [5, 5.41) is 5.15. The molecule has 3 aliphatic carbocycles. The van der Waals surface area contributed by atoms with Crippen molar-refractivity contribution in [2.24, 2.45) is 0 Å². The summed E-state index contributed by atoms with van der Waals surface area (Å²) in [7, 11) is 0. The van der Waals surface area contributed by atoms with Crippen LogP contribution >= 0.6 is 0 Å². The Kier molecular flexibility index (Phi) is 6.01. The second-order valence-electron chi connectivity index (χ2n) is 14.7. The predicted octanol–water partition coefficient (Wildman–Crippen LogP) is 12.7. The fraction of sp³-hybridized carbons (Fsp3) is 0.0800. The zero-order valence-corrected chi connectivity index (χ0v) is 29.0. The molecule has 8 aromatic rings. The van der Waals surface area contributed by atoms with Gasteiger partial charge in [0.1, 0.15) is 11.9 Å². The van der Waals surface area contributed by atoms with E-state index >= 15 is 0 Å². The minimum absolute atomic E-state index is 0.131. The number of aromatic nitrogens is 1. The lowest BCUT2D eigenvalue weighted by Crippen LogP contribution is -2.33. The smallest absolute Gasteiger partial charge is 0.149 e. The third-order valence-electron chi connectivity index (χ3n) is 11.9. The first-order valence-corrected chi connectivity index (χ1v) is 18.7. The molecule has 0 N–H and O–H groups in total. The third kappa shape index (κ3) is 4.05. The number of nitrogens with zero attached hydrogens (tertiary/aromatic N) is 2. The van der Waals surface area contributed by atoms with Crippen LogP contribution in [0.3, 0.4) is 0 Å². The number of benzene rings is 7. The van der Waals surface area contributed by atoms with Gasteiger partial charge in [0.2, 0.25) is 0 Å². The van der Waals surface area contributed by atoms with E-state index in [0.717, 1.165) is 35.7 Å². The van der Waals surface area contributed by atoms with Crippen LogP contribution in [0.25, 0.3) is 66.6 Å². The lowest BCUT2D eigenvalue weighted by molar-refractivity contribution is 0.253. The number of anilines is 2. The van der Waals surface area contributed by atoms with Crippen LogP contribution in [0, 0.1) is 0 Å². The lowest BCUT2D eigenvalue weighted by atomic mass is 9.88. The van der Waals surface area contributed by atoms with Crippen LogP contribution in [0.1, 0.15) is 29.0 Å². The molecule has 4 aliphatic rings. The summed E-state index contributed by atoms with van der Waals surface area (Å²) in [5.74, 6) is 1.10. The summed E-state index contributed by atoms with van der Waals surface area (Å²) >= 11 is 0. The van der Waals surface area contributed by atoms with Gasteiger partial charge in [0.15, 0.2) is 0 Å². The van der Waals surface area contributed by atoms with Gasteiger partial charge in [0, 0.05) is 39.2 Å². The maximum atomic E-state index is 6.91. The molecule has 1 aromatic heterocycles. The van der Waals surface area contributed by atoms with E-state index in [1.54, 1.807) is 0 Å². The number of aryl methyl sites for hydroxylation is 1. The van der Waals surface area contributed by atoms with Crippen molar-refractivity contribution < 1.29 is 4.74 Å². The van der Waals surface area contributed by atoms with E-state index in [2.05, 4.69) is 179 Å². The van der Waals surface area contributed by atoms with Crippen LogP contribution in [-0.4, -0.2) is 10.7 Å². The van der Waals surface area contributed by atoms with E-state index < -0.39 is 0 Å². The number of ether oxygens (including phenoxy) is 1. The first-order valence-electron chi connectivity index (χ1n) is 18.7.